The average Bonchev–Trinajstić information content (AvgIpc) is 3.51. The standard InChI is InChI=1S/C19H16N6O4/c1-25-6-2-3-14(25)18-21-17(29-24-18)9-20-19(26)13-8-12(22-23-13)11-4-5-15-16(7-11)28-10-27-15/h2-8H,9-10H2,1H3,(H,20,26)(H,22,23). The monoisotopic (exact) mass is 392 g/mol. The lowest BCUT2D eigenvalue weighted by Gasteiger charge is -1.99. The number of ether oxygens (including phenoxy) is 2. The van der Waals surface area contributed by atoms with Gasteiger partial charge >= 0.3 is 0 Å². The van der Waals surface area contributed by atoms with E-state index < -0.39 is 0 Å². The minimum absolute atomic E-state index is 0.106. The molecule has 1 aromatic carbocycles. The molecule has 1 aliphatic heterocycles. The molecule has 0 radical (unpaired) electrons. The zero-order valence-electron chi connectivity index (χ0n) is 15.4. The Bertz CT molecular complexity index is 1190. The average molecular weight is 392 g/mol. The van der Waals surface area contributed by atoms with Gasteiger partial charge in [0, 0.05) is 18.8 Å². The number of H-pyrrole nitrogens is 1. The van der Waals surface area contributed by atoms with E-state index in [2.05, 4.69) is 25.7 Å². The quantitative estimate of drug-likeness (QED) is 0.534. The molecule has 146 valence electrons. The molecule has 10 heteroatoms. The van der Waals surface area contributed by atoms with Gasteiger partial charge in [0.25, 0.3) is 5.91 Å². The van der Waals surface area contributed by atoms with Crippen molar-refractivity contribution >= 4 is 5.91 Å². The van der Waals surface area contributed by atoms with Gasteiger partial charge in [-0.3, -0.25) is 9.89 Å². The van der Waals surface area contributed by atoms with Gasteiger partial charge in [0.2, 0.25) is 18.5 Å². The van der Waals surface area contributed by atoms with Crippen LogP contribution in [0.4, 0.5) is 0 Å². The van der Waals surface area contributed by atoms with Crippen LogP contribution in [0.25, 0.3) is 22.8 Å². The summed E-state index contributed by atoms with van der Waals surface area (Å²) in [5.41, 5.74) is 2.58. The minimum Gasteiger partial charge on any atom is -0.454 e. The van der Waals surface area contributed by atoms with E-state index in [-0.39, 0.29) is 19.2 Å². The van der Waals surface area contributed by atoms with E-state index in [1.54, 1.807) is 6.07 Å². The van der Waals surface area contributed by atoms with Gasteiger partial charge in [-0.1, -0.05) is 5.16 Å². The predicted octanol–water partition coefficient (Wildman–Crippen LogP) is 2.12. The fraction of sp³-hybridized carbons (Fsp3) is 0.158. The molecule has 0 bridgehead atoms. The van der Waals surface area contributed by atoms with E-state index in [9.17, 15) is 4.79 Å². The second-order valence-corrected chi connectivity index (χ2v) is 6.43. The number of nitrogens with zero attached hydrogens (tertiary/aromatic N) is 4. The van der Waals surface area contributed by atoms with Crippen molar-refractivity contribution in [2.45, 2.75) is 6.54 Å². The van der Waals surface area contributed by atoms with Crippen LogP contribution in [-0.2, 0) is 13.6 Å². The van der Waals surface area contributed by atoms with E-state index in [4.69, 9.17) is 14.0 Å². The van der Waals surface area contributed by atoms with Crippen molar-refractivity contribution < 1.29 is 18.8 Å². The molecule has 4 aromatic rings. The first-order valence-corrected chi connectivity index (χ1v) is 8.85. The molecule has 0 saturated carbocycles. The van der Waals surface area contributed by atoms with E-state index in [1.807, 2.05) is 48.1 Å². The number of aromatic amines is 1. The molecule has 0 aliphatic carbocycles. The third kappa shape index (κ3) is 3.20. The van der Waals surface area contributed by atoms with Crippen molar-refractivity contribution in [1.29, 1.82) is 0 Å². The molecule has 0 fully saturated rings. The highest BCUT2D eigenvalue weighted by atomic mass is 16.7. The van der Waals surface area contributed by atoms with Gasteiger partial charge in [-0.25, -0.2) is 0 Å². The summed E-state index contributed by atoms with van der Waals surface area (Å²) < 4.78 is 17.8. The molecule has 1 aliphatic rings. The smallest absolute Gasteiger partial charge is 0.269 e. The maximum atomic E-state index is 12.4. The largest absolute Gasteiger partial charge is 0.454 e. The molecular weight excluding hydrogens is 376 g/mol. The summed E-state index contributed by atoms with van der Waals surface area (Å²) in [4.78, 5) is 16.7. The Morgan fingerprint density at radius 3 is 3.00 bits per heavy atom. The summed E-state index contributed by atoms with van der Waals surface area (Å²) in [5, 5.41) is 13.6. The summed E-state index contributed by atoms with van der Waals surface area (Å²) in [7, 11) is 1.89. The van der Waals surface area contributed by atoms with Crippen LogP contribution in [0.2, 0.25) is 0 Å². The normalized spacial score (nSPS) is 12.3. The Kier molecular flexibility index (Phi) is 4.01. The molecule has 5 rings (SSSR count). The number of benzene rings is 1. The third-order valence-electron chi connectivity index (χ3n) is 4.53. The molecule has 0 saturated heterocycles. The number of carbonyl (C=O) groups is 1. The molecular formula is C19H16N6O4. The topological polar surface area (TPSA) is 120 Å². The number of hydrogen-bond donors (Lipinski definition) is 2. The first-order chi connectivity index (χ1) is 14.2. The van der Waals surface area contributed by atoms with Crippen LogP contribution in [0.15, 0.2) is 47.1 Å². The zero-order valence-corrected chi connectivity index (χ0v) is 15.4. The number of nitrogens with one attached hydrogen (secondary N) is 2. The summed E-state index contributed by atoms with van der Waals surface area (Å²) >= 11 is 0. The van der Waals surface area contributed by atoms with Crippen LogP contribution >= 0.6 is 0 Å². The highest BCUT2D eigenvalue weighted by Gasteiger charge is 2.17. The molecule has 0 spiro atoms. The van der Waals surface area contributed by atoms with Gasteiger partial charge in [-0.15, -0.1) is 0 Å². The molecule has 1 amide bonds. The summed E-state index contributed by atoms with van der Waals surface area (Å²) in [6, 6.07) is 10.9. The third-order valence-corrected chi connectivity index (χ3v) is 4.53. The fourth-order valence-electron chi connectivity index (χ4n) is 3.02. The molecule has 2 N–H and O–H groups in total. The highest BCUT2D eigenvalue weighted by molar-refractivity contribution is 5.93. The summed E-state index contributed by atoms with van der Waals surface area (Å²) in [5.74, 6) is 1.79. The second-order valence-electron chi connectivity index (χ2n) is 6.43. The summed E-state index contributed by atoms with van der Waals surface area (Å²) in [6.45, 7) is 0.309. The molecule has 4 heterocycles. The number of aromatic nitrogens is 5. The van der Waals surface area contributed by atoms with E-state index in [1.165, 1.54) is 0 Å². The zero-order chi connectivity index (χ0) is 19.8. The van der Waals surface area contributed by atoms with Gasteiger partial charge in [-0.05, 0) is 36.4 Å². The number of fused-ring (bicyclic) bond motifs is 1. The molecule has 0 atom stereocenters. The molecule has 10 nitrogen and oxygen atoms in total. The Labute approximate surface area is 164 Å². The number of carbonyl (C=O) groups excluding carboxylic acids is 1. The van der Waals surface area contributed by atoms with Crippen LogP contribution in [0.5, 0.6) is 11.5 Å². The molecule has 3 aromatic heterocycles. The van der Waals surface area contributed by atoms with Gasteiger partial charge in [-0.2, -0.15) is 10.1 Å². The van der Waals surface area contributed by atoms with Crippen LogP contribution in [-0.4, -0.2) is 37.6 Å². The molecule has 29 heavy (non-hydrogen) atoms. The van der Waals surface area contributed by atoms with Gasteiger partial charge in [0.15, 0.2) is 11.5 Å². The highest BCUT2D eigenvalue weighted by Crippen LogP contribution is 2.35. The first kappa shape index (κ1) is 17.0. The Morgan fingerprint density at radius 2 is 2.14 bits per heavy atom. The van der Waals surface area contributed by atoms with Crippen molar-refractivity contribution in [2.75, 3.05) is 6.79 Å². The van der Waals surface area contributed by atoms with Crippen molar-refractivity contribution in [3.8, 4) is 34.3 Å². The number of hydrogen-bond acceptors (Lipinski definition) is 7. The predicted molar refractivity (Wildman–Crippen MR) is 100 cm³/mol. The maximum absolute atomic E-state index is 12.4. The van der Waals surface area contributed by atoms with Gasteiger partial charge in [0.05, 0.1) is 17.9 Å². The van der Waals surface area contributed by atoms with Crippen LogP contribution in [0.1, 0.15) is 16.4 Å². The number of rotatable bonds is 5. The lowest BCUT2D eigenvalue weighted by atomic mass is 10.1. The Morgan fingerprint density at radius 1 is 1.24 bits per heavy atom. The van der Waals surface area contributed by atoms with Crippen LogP contribution in [0, 0.1) is 0 Å². The van der Waals surface area contributed by atoms with Crippen molar-refractivity contribution in [2.24, 2.45) is 7.05 Å². The van der Waals surface area contributed by atoms with Gasteiger partial charge < -0.3 is 23.9 Å². The lowest BCUT2D eigenvalue weighted by molar-refractivity contribution is 0.0941. The van der Waals surface area contributed by atoms with E-state index in [0.717, 1.165) is 11.3 Å². The van der Waals surface area contributed by atoms with E-state index >= 15 is 0 Å². The Hall–Kier alpha value is -4.08. The summed E-state index contributed by atoms with van der Waals surface area (Å²) in [6.07, 6.45) is 1.89. The van der Waals surface area contributed by atoms with Crippen LogP contribution < -0.4 is 14.8 Å². The van der Waals surface area contributed by atoms with Gasteiger partial charge in [0.1, 0.15) is 5.69 Å². The SMILES string of the molecule is Cn1cccc1-c1noc(CNC(=O)c2cc(-c3ccc4c(c3)OCO4)n[nH]2)n1. The lowest BCUT2D eigenvalue weighted by Crippen LogP contribution is -2.23. The first-order valence-electron chi connectivity index (χ1n) is 8.85. The fourth-order valence-corrected chi connectivity index (χ4v) is 3.02. The second kappa shape index (κ2) is 6.82. The van der Waals surface area contributed by atoms with Crippen molar-refractivity contribution in [3.63, 3.8) is 0 Å². The van der Waals surface area contributed by atoms with Crippen molar-refractivity contribution in [3.05, 3.63) is 54.2 Å². The Balaban J connectivity index is 1.25. The van der Waals surface area contributed by atoms with E-state index in [0.29, 0.717) is 34.6 Å². The number of aryl methyl sites for hydroxylation is 1. The van der Waals surface area contributed by atoms with Crippen LogP contribution in [0.3, 0.4) is 0 Å². The minimum atomic E-state index is -0.330. The number of amides is 1. The van der Waals surface area contributed by atoms with Crippen molar-refractivity contribution in [1.82, 2.24) is 30.2 Å². The maximum Gasteiger partial charge on any atom is 0.269 e. The molecule has 0 unspecified atom stereocenters.